The number of carbonyl (C=O) groups excluding carboxylic acids is 1. The highest BCUT2D eigenvalue weighted by atomic mass is 32.2. The molecule has 4 heterocycles. The number of hydrogen-bond acceptors (Lipinski definition) is 10. The number of aryl methyl sites for hydroxylation is 1. The number of thioether (sulfide) groups is 3. The molecule has 8 nitrogen and oxygen atoms in total. The fourth-order valence-electron chi connectivity index (χ4n) is 3.87. The van der Waals surface area contributed by atoms with E-state index in [1.807, 2.05) is 19.1 Å². The quantitative estimate of drug-likeness (QED) is 0.356. The molecule has 0 saturated carbocycles. The van der Waals surface area contributed by atoms with Gasteiger partial charge in [-0.05, 0) is 36.6 Å². The van der Waals surface area contributed by atoms with Gasteiger partial charge in [0, 0.05) is 55.3 Å². The molecule has 1 N–H and O–H groups in total. The summed E-state index contributed by atoms with van der Waals surface area (Å²) in [6, 6.07) is 5.81. The van der Waals surface area contributed by atoms with Crippen molar-refractivity contribution in [3.8, 4) is 0 Å². The summed E-state index contributed by atoms with van der Waals surface area (Å²) in [4.78, 5) is 32.0. The van der Waals surface area contributed by atoms with Crippen LogP contribution in [0.25, 0.3) is 11.2 Å². The van der Waals surface area contributed by atoms with Crippen LogP contribution < -0.4 is 5.32 Å². The van der Waals surface area contributed by atoms with Gasteiger partial charge in [0.15, 0.2) is 11.2 Å². The first-order chi connectivity index (χ1) is 17.1. The molecule has 0 radical (unpaired) electrons. The number of pyridine rings is 2. The van der Waals surface area contributed by atoms with Crippen LogP contribution in [-0.2, 0) is 4.79 Å². The normalized spacial score (nSPS) is 15.1. The second kappa shape index (κ2) is 13.0. The zero-order valence-corrected chi connectivity index (χ0v) is 22.9. The molecule has 1 amide bonds. The van der Waals surface area contributed by atoms with Gasteiger partial charge in [-0.1, -0.05) is 25.6 Å². The number of piperazine rings is 1. The Balaban J connectivity index is 1.23. The van der Waals surface area contributed by atoms with Crippen LogP contribution in [0.2, 0.25) is 0 Å². The Labute approximate surface area is 219 Å². The minimum Gasteiger partial charge on any atom is -0.430 e. The van der Waals surface area contributed by atoms with Gasteiger partial charge in [0.1, 0.15) is 5.03 Å². The van der Waals surface area contributed by atoms with Crippen molar-refractivity contribution >= 4 is 58.1 Å². The SMILES string of the molecule is CCSc1cc(C)nc(SCC)c1NC(=O)CN1CCN(CCSc2nc3ncccc3o2)CC1. The Morgan fingerprint density at radius 1 is 1.09 bits per heavy atom. The van der Waals surface area contributed by atoms with Crippen LogP contribution in [0.4, 0.5) is 5.69 Å². The smallest absolute Gasteiger partial charge is 0.258 e. The molecular weight excluding hydrogens is 501 g/mol. The van der Waals surface area contributed by atoms with Crippen LogP contribution in [0.3, 0.4) is 0 Å². The summed E-state index contributed by atoms with van der Waals surface area (Å²) in [7, 11) is 0. The van der Waals surface area contributed by atoms with Gasteiger partial charge >= 0.3 is 0 Å². The van der Waals surface area contributed by atoms with Crippen molar-refractivity contribution in [2.24, 2.45) is 0 Å². The molecular formula is C24H32N6O2S3. The lowest BCUT2D eigenvalue weighted by Crippen LogP contribution is -2.49. The summed E-state index contributed by atoms with van der Waals surface area (Å²) in [6.07, 6.45) is 1.73. The molecule has 4 rings (SSSR count). The molecule has 1 aliphatic heterocycles. The number of nitrogens with one attached hydrogen (secondary N) is 1. The van der Waals surface area contributed by atoms with Crippen LogP contribution >= 0.6 is 35.3 Å². The summed E-state index contributed by atoms with van der Waals surface area (Å²) in [5, 5.41) is 4.75. The van der Waals surface area contributed by atoms with E-state index in [4.69, 9.17) is 4.42 Å². The highest BCUT2D eigenvalue weighted by molar-refractivity contribution is 8.00. The Hall–Kier alpha value is -1.79. The van der Waals surface area contributed by atoms with Crippen LogP contribution in [0.15, 0.2) is 44.0 Å². The average Bonchev–Trinajstić information content (AvgIpc) is 3.25. The molecule has 0 unspecified atom stereocenters. The first kappa shape index (κ1) is 26.3. The van der Waals surface area contributed by atoms with Crippen molar-refractivity contribution in [3.63, 3.8) is 0 Å². The van der Waals surface area contributed by atoms with E-state index >= 15 is 0 Å². The number of rotatable bonds is 11. The van der Waals surface area contributed by atoms with E-state index in [9.17, 15) is 4.79 Å². The van der Waals surface area contributed by atoms with Crippen LogP contribution in [0.1, 0.15) is 19.5 Å². The minimum absolute atomic E-state index is 0.0279. The van der Waals surface area contributed by atoms with E-state index in [-0.39, 0.29) is 5.91 Å². The van der Waals surface area contributed by atoms with E-state index in [2.05, 4.69) is 50.0 Å². The summed E-state index contributed by atoms with van der Waals surface area (Å²) < 4.78 is 5.73. The van der Waals surface area contributed by atoms with Crippen LogP contribution in [0, 0.1) is 6.92 Å². The number of anilines is 1. The number of carbonyl (C=O) groups is 1. The highest BCUT2D eigenvalue weighted by Gasteiger charge is 2.21. The number of fused-ring (bicyclic) bond motifs is 1. The predicted molar refractivity (Wildman–Crippen MR) is 146 cm³/mol. The highest BCUT2D eigenvalue weighted by Crippen LogP contribution is 2.35. The van der Waals surface area contributed by atoms with E-state index in [1.165, 1.54) is 0 Å². The fourth-order valence-corrected chi connectivity index (χ4v) is 6.40. The van der Waals surface area contributed by atoms with Gasteiger partial charge in [-0.15, -0.1) is 23.5 Å². The summed E-state index contributed by atoms with van der Waals surface area (Å²) >= 11 is 5.04. The topological polar surface area (TPSA) is 87.4 Å². The molecule has 0 atom stereocenters. The van der Waals surface area contributed by atoms with Crippen LogP contribution in [0.5, 0.6) is 0 Å². The average molecular weight is 533 g/mol. The van der Waals surface area contributed by atoms with E-state index in [0.717, 1.165) is 76.9 Å². The number of amides is 1. The van der Waals surface area contributed by atoms with Crippen molar-refractivity contribution in [2.75, 3.05) is 61.8 Å². The van der Waals surface area contributed by atoms with Crippen molar-refractivity contribution in [2.45, 2.75) is 35.9 Å². The van der Waals surface area contributed by atoms with E-state index < -0.39 is 0 Å². The predicted octanol–water partition coefficient (Wildman–Crippen LogP) is 4.50. The lowest BCUT2D eigenvalue weighted by molar-refractivity contribution is -0.117. The molecule has 0 bridgehead atoms. The third kappa shape index (κ3) is 7.36. The van der Waals surface area contributed by atoms with Gasteiger partial charge in [-0.2, -0.15) is 4.98 Å². The zero-order valence-electron chi connectivity index (χ0n) is 20.5. The maximum atomic E-state index is 12.9. The molecule has 0 aromatic carbocycles. The second-order valence-electron chi connectivity index (χ2n) is 8.13. The van der Waals surface area contributed by atoms with Gasteiger partial charge in [0.05, 0.1) is 12.2 Å². The summed E-state index contributed by atoms with van der Waals surface area (Å²) in [6.45, 7) is 11.3. The second-order valence-corrected chi connectivity index (χ2v) is 11.7. The largest absolute Gasteiger partial charge is 0.430 e. The molecule has 3 aromatic heterocycles. The molecule has 1 fully saturated rings. The van der Waals surface area contributed by atoms with E-state index in [1.54, 1.807) is 41.5 Å². The first-order valence-corrected chi connectivity index (χ1v) is 14.9. The molecule has 11 heteroatoms. The summed E-state index contributed by atoms with van der Waals surface area (Å²) in [5.41, 5.74) is 3.23. The monoisotopic (exact) mass is 532 g/mol. The number of hydrogen-bond donors (Lipinski definition) is 1. The first-order valence-electron chi connectivity index (χ1n) is 11.9. The molecule has 35 heavy (non-hydrogen) atoms. The minimum atomic E-state index is 0.0279. The number of nitrogens with zero attached hydrogens (tertiary/aromatic N) is 5. The van der Waals surface area contributed by atoms with Gasteiger partial charge in [-0.25, -0.2) is 9.97 Å². The van der Waals surface area contributed by atoms with Gasteiger partial charge < -0.3 is 9.73 Å². The molecule has 0 spiro atoms. The third-order valence-corrected chi connectivity index (χ3v) is 8.12. The van der Waals surface area contributed by atoms with Gasteiger partial charge in [0.25, 0.3) is 5.22 Å². The van der Waals surface area contributed by atoms with Crippen LogP contribution in [-0.4, -0.2) is 87.2 Å². The third-order valence-electron chi connectivity index (χ3n) is 5.53. The number of aromatic nitrogens is 3. The fraction of sp³-hybridized carbons (Fsp3) is 0.500. The lowest BCUT2D eigenvalue weighted by Gasteiger charge is -2.34. The maximum Gasteiger partial charge on any atom is 0.258 e. The zero-order chi connectivity index (χ0) is 24.6. The van der Waals surface area contributed by atoms with E-state index in [0.29, 0.717) is 17.4 Å². The molecule has 188 valence electrons. The van der Waals surface area contributed by atoms with Crippen molar-refractivity contribution in [3.05, 3.63) is 30.1 Å². The Bertz CT molecular complexity index is 1070. The molecule has 1 aliphatic rings. The molecule has 0 aliphatic carbocycles. The number of oxazole rings is 1. The van der Waals surface area contributed by atoms with Gasteiger partial charge in [0.2, 0.25) is 5.91 Å². The molecule has 1 saturated heterocycles. The Morgan fingerprint density at radius 2 is 1.86 bits per heavy atom. The lowest BCUT2D eigenvalue weighted by atomic mass is 10.3. The van der Waals surface area contributed by atoms with Crippen molar-refractivity contribution in [1.82, 2.24) is 24.8 Å². The summed E-state index contributed by atoms with van der Waals surface area (Å²) in [5.74, 6) is 2.80. The van der Waals surface area contributed by atoms with Crippen molar-refractivity contribution in [1.29, 1.82) is 0 Å². The Morgan fingerprint density at radius 3 is 2.60 bits per heavy atom. The standard InChI is InChI=1S/C24H32N6O2S3/c1-4-33-19-15-17(3)26-23(34-5-2)21(19)27-20(31)16-30-11-9-29(10-12-30)13-14-35-24-28-22-18(32-24)7-6-8-25-22/h6-8,15H,4-5,9-14,16H2,1-3H3,(H,27,31). The molecule has 3 aromatic rings. The maximum absolute atomic E-state index is 12.9. The Kier molecular flexibility index (Phi) is 9.73. The van der Waals surface area contributed by atoms with Crippen molar-refractivity contribution < 1.29 is 9.21 Å². The van der Waals surface area contributed by atoms with Gasteiger partial charge in [-0.3, -0.25) is 14.6 Å².